The van der Waals surface area contributed by atoms with E-state index in [2.05, 4.69) is 14.9 Å². The van der Waals surface area contributed by atoms with Crippen LogP contribution in [0.15, 0.2) is 59.5 Å². The second kappa shape index (κ2) is 5.31. The quantitative estimate of drug-likeness (QED) is 0.573. The van der Waals surface area contributed by atoms with Gasteiger partial charge in [-0.15, -0.1) is 0 Å². The van der Waals surface area contributed by atoms with Crippen molar-refractivity contribution in [1.29, 1.82) is 0 Å². The van der Waals surface area contributed by atoms with Crippen LogP contribution in [0.5, 0.6) is 0 Å². The molecular weight excluding hydrogens is 364 g/mol. The molecule has 0 aliphatic carbocycles. The first kappa shape index (κ1) is 15.8. The van der Waals surface area contributed by atoms with Gasteiger partial charge in [-0.2, -0.15) is 5.10 Å². The summed E-state index contributed by atoms with van der Waals surface area (Å²) < 4.78 is 28.8. The lowest BCUT2D eigenvalue weighted by Crippen LogP contribution is -2.20. The Kier molecular flexibility index (Phi) is 3.11. The van der Waals surface area contributed by atoms with E-state index in [1.54, 1.807) is 37.4 Å². The first-order chi connectivity index (χ1) is 13.0. The summed E-state index contributed by atoms with van der Waals surface area (Å²) in [5.74, 6) is 0.0958. The number of benzene rings is 3. The van der Waals surface area contributed by atoms with Gasteiger partial charge in [0.1, 0.15) is 0 Å². The zero-order valence-electron chi connectivity index (χ0n) is 14.2. The lowest BCUT2D eigenvalue weighted by Gasteiger charge is -2.12. The van der Waals surface area contributed by atoms with Gasteiger partial charge in [-0.3, -0.25) is 14.6 Å². The van der Waals surface area contributed by atoms with Crippen molar-refractivity contribution < 1.29 is 13.2 Å². The number of carbonyl (C=O) groups is 1. The summed E-state index contributed by atoms with van der Waals surface area (Å²) in [5.41, 5.74) is 1.95. The fourth-order valence-corrected chi connectivity index (χ4v) is 4.79. The average molecular weight is 378 g/mol. The van der Waals surface area contributed by atoms with Crippen LogP contribution < -0.4 is 9.62 Å². The Balaban J connectivity index is 1.69. The number of anilines is 2. The van der Waals surface area contributed by atoms with Gasteiger partial charge in [0, 0.05) is 28.8 Å². The van der Waals surface area contributed by atoms with E-state index in [4.69, 9.17) is 0 Å². The molecule has 2 heterocycles. The molecule has 0 fully saturated rings. The first-order valence-electron chi connectivity index (χ1n) is 8.27. The number of rotatable bonds is 3. The highest BCUT2D eigenvalue weighted by Crippen LogP contribution is 2.39. The SMILES string of the molecule is CN1C(=O)c2cccc3c(S(=O)(=O)Nc4n[nH]c5ccccc45)ccc1c23. The number of H-pyrrole nitrogens is 1. The predicted octanol–water partition coefficient (Wildman–Crippen LogP) is 3.11. The number of para-hydroxylation sites is 1. The Morgan fingerprint density at radius 3 is 2.63 bits per heavy atom. The third kappa shape index (κ3) is 2.16. The van der Waals surface area contributed by atoms with Crippen molar-refractivity contribution in [1.82, 2.24) is 10.2 Å². The molecule has 3 aromatic carbocycles. The van der Waals surface area contributed by atoms with Crippen molar-refractivity contribution in [3.8, 4) is 0 Å². The number of aromatic nitrogens is 2. The molecule has 0 atom stereocenters. The minimum Gasteiger partial charge on any atom is -0.311 e. The largest absolute Gasteiger partial charge is 0.311 e. The highest BCUT2D eigenvalue weighted by atomic mass is 32.2. The Labute approximate surface area is 154 Å². The van der Waals surface area contributed by atoms with Crippen molar-refractivity contribution in [2.75, 3.05) is 16.7 Å². The normalized spacial score (nSPS) is 13.7. The molecule has 1 aromatic heterocycles. The molecule has 0 spiro atoms. The van der Waals surface area contributed by atoms with E-state index in [-0.39, 0.29) is 16.6 Å². The van der Waals surface area contributed by atoms with Crippen LogP contribution in [0.2, 0.25) is 0 Å². The molecule has 0 saturated heterocycles. The first-order valence-corrected chi connectivity index (χ1v) is 9.75. The summed E-state index contributed by atoms with van der Waals surface area (Å²) >= 11 is 0. The highest BCUT2D eigenvalue weighted by molar-refractivity contribution is 7.93. The fourth-order valence-electron chi connectivity index (χ4n) is 3.57. The molecule has 1 aliphatic heterocycles. The van der Waals surface area contributed by atoms with Gasteiger partial charge < -0.3 is 4.90 Å². The van der Waals surface area contributed by atoms with Gasteiger partial charge in [0.15, 0.2) is 5.82 Å². The number of hydrogen-bond donors (Lipinski definition) is 2. The van der Waals surface area contributed by atoms with Crippen LogP contribution in [0.25, 0.3) is 21.7 Å². The summed E-state index contributed by atoms with van der Waals surface area (Å²) in [5, 5.41) is 8.74. The van der Waals surface area contributed by atoms with Crippen LogP contribution in [-0.4, -0.2) is 31.6 Å². The monoisotopic (exact) mass is 378 g/mol. The van der Waals surface area contributed by atoms with Gasteiger partial charge in [-0.05, 0) is 30.3 Å². The number of amides is 1. The Morgan fingerprint density at radius 1 is 1.00 bits per heavy atom. The number of carbonyl (C=O) groups excluding carboxylic acids is 1. The maximum Gasteiger partial charge on any atom is 0.263 e. The predicted molar refractivity (Wildman–Crippen MR) is 104 cm³/mol. The van der Waals surface area contributed by atoms with Gasteiger partial charge in [0.05, 0.1) is 16.1 Å². The summed E-state index contributed by atoms with van der Waals surface area (Å²) in [6.45, 7) is 0. The molecule has 4 aromatic rings. The smallest absolute Gasteiger partial charge is 0.263 e. The van der Waals surface area contributed by atoms with Crippen molar-refractivity contribution in [3.05, 3.63) is 60.2 Å². The van der Waals surface area contributed by atoms with Gasteiger partial charge in [-0.1, -0.05) is 24.3 Å². The summed E-state index contributed by atoms with van der Waals surface area (Å²) in [6, 6.07) is 15.6. The second-order valence-corrected chi connectivity index (χ2v) is 8.05. The van der Waals surface area contributed by atoms with E-state index in [0.717, 1.165) is 5.52 Å². The van der Waals surface area contributed by atoms with Gasteiger partial charge in [0.25, 0.3) is 15.9 Å². The lowest BCUT2D eigenvalue weighted by atomic mass is 10.1. The standard InChI is InChI=1S/C19H14N4O3S/c1-23-15-9-10-16(12-6-4-7-13(17(12)15)19(23)24)27(25,26)22-18-11-5-2-3-8-14(11)20-21-18/h2-10H,1H3,(H2,20,21,22). The molecule has 5 rings (SSSR count). The molecule has 0 bridgehead atoms. The van der Waals surface area contributed by atoms with Crippen molar-refractivity contribution in [2.45, 2.75) is 4.90 Å². The van der Waals surface area contributed by atoms with Crippen molar-refractivity contribution in [2.24, 2.45) is 0 Å². The molecule has 1 aliphatic rings. The highest BCUT2D eigenvalue weighted by Gasteiger charge is 2.30. The third-order valence-electron chi connectivity index (χ3n) is 4.87. The maximum absolute atomic E-state index is 13.1. The topological polar surface area (TPSA) is 95.2 Å². The summed E-state index contributed by atoms with van der Waals surface area (Å²) in [7, 11) is -2.22. The minimum absolute atomic E-state index is 0.110. The average Bonchev–Trinajstić information content (AvgIpc) is 3.18. The Bertz CT molecular complexity index is 1360. The zero-order valence-corrected chi connectivity index (χ0v) is 15.0. The fraction of sp³-hybridized carbons (Fsp3) is 0.0526. The summed E-state index contributed by atoms with van der Waals surface area (Å²) in [4.78, 5) is 14.0. The molecule has 2 N–H and O–H groups in total. The van der Waals surface area contributed by atoms with Crippen LogP contribution in [0.3, 0.4) is 0 Å². The molecular formula is C19H14N4O3S. The Morgan fingerprint density at radius 2 is 1.78 bits per heavy atom. The van der Waals surface area contributed by atoms with Gasteiger partial charge in [0.2, 0.25) is 0 Å². The number of hydrogen-bond acceptors (Lipinski definition) is 4. The van der Waals surface area contributed by atoms with E-state index in [9.17, 15) is 13.2 Å². The molecule has 0 saturated carbocycles. The Hall–Kier alpha value is -3.39. The number of sulfonamides is 1. The van der Waals surface area contributed by atoms with Gasteiger partial charge in [-0.25, -0.2) is 8.42 Å². The molecule has 134 valence electrons. The molecule has 1 amide bonds. The molecule has 0 radical (unpaired) electrons. The van der Waals surface area contributed by atoms with E-state index in [1.807, 2.05) is 18.2 Å². The lowest BCUT2D eigenvalue weighted by molar-refractivity contribution is 0.0999. The molecule has 7 nitrogen and oxygen atoms in total. The number of fused-ring (bicyclic) bond motifs is 1. The number of nitrogens with one attached hydrogen (secondary N) is 2. The van der Waals surface area contributed by atoms with Crippen LogP contribution in [0, 0.1) is 0 Å². The zero-order chi connectivity index (χ0) is 18.8. The molecule has 0 unspecified atom stereocenters. The number of nitrogens with zero attached hydrogens (tertiary/aromatic N) is 2. The van der Waals surface area contributed by atoms with Crippen molar-refractivity contribution >= 4 is 49.1 Å². The number of aromatic amines is 1. The van der Waals surface area contributed by atoms with E-state index >= 15 is 0 Å². The van der Waals surface area contributed by atoms with Crippen LogP contribution in [-0.2, 0) is 10.0 Å². The third-order valence-corrected chi connectivity index (χ3v) is 6.26. The van der Waals surface area contributed by atoms with Crippen LogP contribution >= 0.6 is 0 Å². The molecule has 27 heavy (non-hydrogen) atoms. The minimum atomic E-state index is -3.90. The van der Waals surface area contributed by atoms with E-state index in [1.165, 1.54) is 11.0 Å². The van der Waals surface area contributed by atoms with Gasteiger partial charge >= 0.3 is 0 Å². The van der Waals surface area contributed by atoms with E-state index in [0.29, 0.717) is 27.4 Å². The van der Waals surface area contributed by atoms with Crippen LogP contribution in [0.4, 0.5) is 11.5 Å². The molecule has 8 heteroatoms. The van der Waals surface area contributed by atoms with Crippen LogP contribution in [0.1, 0.15) is 10.4 Å². The summed E-state index contributed by atoms with van der Waals surface area (Å²) in [6.07, 6.45) is 0. The maximum atomic E-state index is 13.1. The van der Waals surface area contributed by atoms with Crippen molar-refractivity contribution in [3.63, 3.8) is 0 Å². The second-order valence-electron chi connectivity index (χ2n) is 6.40. The van der Waals surface area contributed by atoms with E-state index < -0.39 is 10.0 Å².